The first-order valence-electron chi connectivity index (χ1n) is 8.42. The molecule has 2 aromatic heterocycles. The molecule has 0 radical (unpaired) electrons. The fraction of sp³-hybridized carbons (Fsp3) is 0.0500. The van der Waals surface area contributed by atoms with E-state index in [-0.39, 0.29) is 10.5 Å². The molecule has 4 rings (SSSR count). The van der Waals surface area contributed by atoms with Crippen molar-refractivity contribution in [3.8, 4) is 17.3 Å². The third-order valence-electron chi connectivity index (χ3n) is 4.37. The summed E-state index contributed by atoms with van der Waals surface area (Å²) in [5.41, 5.74) is 1.69. The Bertz CT molecular complexity index is 1320. The number of para-hydroxylation sites is 1. The largest absolute Gasteiger partial charge is 0.357 e. The van der Waals surface area contributed by atoms with Crippen LogP contribution in [0.5, 0.6) is 0 Å². The topological polar surface area (TPSA) is 101 Å². The molecule has 0 saturated heterocycles. The monoisotopic (exact) mass is 389 g/mol. The van der Waals surface area contributed by atoms with Gasteiger partial charge in [0.15, 0.2) is 0 Å². The van der Waals surface area contributed by atoms with E-state index in [1.807, 2.05) is 12.1 Å². The van der Waals surface area contributed by atoms with E-state index < -0.39 is 10.0 Å². The van der Waals surface area contributed by atoms with Crippen LogP contribution in [0.25, 0.3) is 22.2 Å². The minimum atomic E-state index is -3.81. The number of nitrogens with zero attached hydrogens (tertiary/aromatic N) is 4. The Morgan fingerprint density at radius 1 is 1.07 bits per heavy atom. The fourth-order valence-corrected chi connectivity index (χ4v) is 4.42. The molecule has 0 aliphatic carbocycles. The van der Waals surface area contributed by atoms with E-state index in [2.05, 4.69) is 21.4 Å². The Kier molecular flexibility index (Phi) is 4.29. The molecule has 4 aromatic rings. The zero-order valence-corrected chi connectivity index (χ0v) is 15.7. The van der Waals surface area contributed by atoms with Gasteiger partial charge < -0.3 is 5.32 Å². The molecular formula is C20H15N5O2S. The summed E-state index contributed by atoms with van der Waals surface area (Å²) in [6.07, 6.45) is 2.93. The van der Waals surface area contributed by atoms with Crippen LogP contribution < -0.4 is 5.32 Å². The summed E-state index contributed by atoms with van der Waals surface area (Å²) < 4.78 is 27.7. The Balaban J connectivity index is 2.04. The van der Waals surface area contributed by atoms with E-state index in [9.17, 15) is 13.7 Å². The molecule has 0 aliphatic rings. The highest BCUT2D eigenvalue weighted by Gasteiger charge is 2.23. The second-order valence-corrected chi connectivity index (χ2v) is 7.81. The van der Waals surface area contributed by atoms with Gasteiger partial charge in [0.05, 0.1) is 27.9 Å². The van der Waals surface area contributed by atoms with Gasteiger partial charge in [-0.05, 0) is 18.2 Å². The number of nitriles is 1. The molecule has 0 saturated carbocycles. The average Bonchev–Trinajstić information content (AvgIpc) is 3.14. The number of benzene rings is 2. The molecule has 2 heterocycles. The summed E-state index contributed by atoms with van der Waals surface area (Å²) in [6, 6.07) is 17.4. The molecule has 8 heteroatoms. The quantitative estimate of drug-likeness (QED) is 0.575. The molecule has 7 nitrogen and oxygen atoms in total. The Morgan fingerprint density at radius 2 is 1.79 bits per heavy atom. The second kappa shape index (κ2) is 6.79. The number of rotatable bonds is 4. The highest BCUT2D eigenvalue weighted by Crippen LogP contribution is 2.33. The van der Waals surface area contributed by atoms with Crippen molar-refractivity contribution in [3.05, 3.63) is 72.6 Å². The van der Waals surface area contributed by atoms with Crippen LogP contribution in [0.3, 0.4) is 0 Å². The molecule has 138 valence electrons. The number of anilines is 1. The molecule has 0 amide bonds. The number of hydrogen-bond acceptors (Lipinski definition) is 6. The van der Waals surface area contributed by atoms with Crippen molar-refractivity contribution in [1.29, 1.82) is 5.26 Å². The smallest absolute Gasteiger partial charge is 0.268 e. The van der Waals surface area contributed by atoms with E-state index in [0.29, 0.717) is 28.1 Å². The maximum atomic E-state index is 13.2. The average molecular weight is 389 g/mol. The van der Waals surface area contributed by atoms with Crippen molar-refractivity contribution in [2.75, 3.05) is 12.4 Å². The molecule has 28 heavy (non-hydrogen) atoms. The predicted molar refractivity (Wildman–Crippen MR) is 106 cm³/mol. The van der Waals surface area contributed by atoms with Gasteiger partial charge in [0, 0.05) is 24.2 Å². The van der Waals surface area contributed by atoms with Gasteiger partial charge in [-0.1, -0.05) is 36.4 Å². The van der Waals surface area contributed by atoms with Crippen LogP contribution in [0.15, 0.2) is 71.9 Å². The van der Waals surface area contributed by atoms with Crippen molar-refractivity contribution in [2.24, 2.45) is 0 Å². The SMILES string of the molecule is CNc1ncc(C#N)c(-c2cn(S(=O)(=O)c3ccccc3)c3ccccc23)n1. The lowest BCUT2D eigenvalue weighted by Crippen LogP contribution is -2.11. The minimum Gasteiger partial charge on any atom is -0.357 e. The van der Waals surface area contributed by atoms with E-state index in [0.717, 1.165) is 0 Å². The fourth-order valence-electron chi connectivity index (χ4n) is 3.03. The third kappa shape index (κ3) is 2.78. The lowest BCUT2D eigenvalue weighted by atomic mass is 10.1. The molecular weight excluding hydrogens is 374 g/mol. The highest BCUT2D eigenvalue weighted by atomic mass is 32.2. The minimum absolute atomic E-state index is 0.182. The first-order valence-corrected chi connectivity index (χ1v) is 9.86. The number of nitrogens with one attached hydrogen (secondary N) is 1. The second-order valence-electron chi connectivity index (χ2n) is 5.99. The summed E-state index contributed by atoms with van der Waals surface area (Å²) in [4.78, 5) is 8.65. The summed E-state index contributed by atoms with van der Waals surface area (Å²) in [6.45, 7) is 0. The van der Waals surface area contributed by atoms with Gasteiger partial charge >= 0.3 is 0 Å². The first-order chi connectivity index (χ1) is 13.6. The summed E-state index contributed by atoms with van der Waals surface area (Å²) >= 11 is 0. The van der Waals surface area contributed by atoms with E-state index in [1.165, 1.54) is 16.4 Å². The third-order valence-corrected chi connectivity index (χ3v) is 6.05. The zero-order chi connectivity index (χ0) is 19.7. The maximum absolute atomic E-state index is 13.2. The lowest BCUT2D eigenvalue weighted by molar-refractivity contribution is 0.589. The molecule has 0 unspecified atom stereocenters. The Labute approximate surface area is 162 Å². The van der Waals surface area contributed by atoms with Crippen LogP contribution in [-0.2, 0) is 10.0 Å². The normalized spacial score (nSPS) is 11.3. The number of hydrogen-bond donors (Lipinski definition) is 1. The van der Waals surface area contributed by atoms with Gasteiger partial charge in [0.2, 0.25) is 5.95 Å². The Hall–Kier alpha value is -3.70. The first kappa shape index (κ1) is 17.7. The summed E-state index contributed by atoms with van der Waals surface area (Å²) in [5, 5.41) is 13.0. The van der Waals surface area contributed by atoms with Crippen LogP contribution in [-0.4, -0.2) is 29.4 Å². The van der Waals surface area contributed by atoms with Crippen LogP contribution in [0, 0.1) is 11.3 Å². The van der Waals surface area contributed by atoms with Crippen LogP contribution in [0.2, 0.25) is 0 Å². The molecule has 0 atom stereocenters. The number of aromatic nitrogens is 3. The van der Waals surface area contributed by atoms with Crippen LogP contribution >= 0.6 is 0 Å². The lowest BCUT2D eigenvalue weighted by Gasteiger charge is -2.07. The Morgan fingerprint density at radius 3 is 2.50 bits per heavy atom. The molecule has 0 aliphatic heterocycles. The highest BCUT2D eigenvalue weighted by molar-refractivity contribution is 7.90. The van der Waals surface area contributed by atoms with E-state index in [1.54, 1.807) is 49.5 Å². The number of fused-ring (bicyclic) bond motifs is 1. The van der Waals surface area contributed by atoms with Crippen molar-refractivity contribution >= 4 is 26.9 Å². The van der Waals surface area contributed by atoms with Gasteiger partial charge in [-0.25, -0.2) is 22.4 Å². The summed E-state index contributed by atoms with van der Waals surface area (Å²) in [7, 11) is -2.14. The maximum Gasteiger partial charge on any atom is 0.268 e. The predicted octanol–water partition coefficient (Wildman–Crippen LogP) is 3.25. The zero-order valence-electron chi connectivity index (χ0n) is 14.9. The van der Waals surface area contributed by atoms with Crippen molar-refractivity contribution in [2.45, 2.75) is 4.90 Å². The molecule has 0 bridgehead atoms. The van der Waals surface area contributed by atoms with Crippen LogP contribution in [0.4, 0.5) is 5.95 Å². The molecule has 1 N–H and O–H groups in total. The molecule has 2 aromatic carbocycles. The van der Waals surface area contributed by atoms with Crippen molar-refractivity contribution in [1.82, 2.24) is 13.9 Å². The van der Waals surface area contributed by atoms with Gasteiger partial charge in [0.1, 0.15) is 6.07 Å². The summed E-state index contributed by atoms with van der Waals surface area (Å²) in [5.74, 6) is 0.344. The van der Waals surface area contributed by atoms with E-state index >= 15 is 0 Å². The van der Waals surface area contributed by atoms with Crippen LogP contribution in [0.1, 0.15) is 5.56 Å². The molecule has 0 spiro atoms. The van der Waals surface area contributed by atoms with Gasteiger partial charge in [0.25, 0.3) is 10.0 Å². The standard InChI is InChI=1S/C20H15N5O2S/c1-22-20-23-12-14(11-21)19(24-20)17-13-25(18-10-6-5-9-16(17)18)28(26,27)15-7-3-2-4-8-15/h2-10,12-13H,1H3,(H,22,23,24). The van der Waals surface area contributed by atoms with Crippen molar-refractivity contribution in [3.63, 3.8) is 0 Å². The van der Waals surface area contributed by atoms with Crippen molar-refractivity contribution < 1.29 is 8.42 Å². The van der Waals surface area contributed by atoms with E-state index in [4.69, 9.17) is 0 Å². The molecule has 0 fully saturated rings. The van der Waals surface area contributed by atoms with Gasteiger partial charge in [-0.3, -0.25) is 0 Å². The van der Waals surface area contributed by atoms with Gasteiger partial charge in [-0.15, -0.1) is 0 Å². The van der Waals surface area contributed by atoms with Gasteiger partial charge in [-0.2, -0.15) is 5.26 Å².